The van der Waals surface area contributed by atoms with E-state index in [-0.39, 0.29) is 5.91 Å². The van der Waals surface area contributed by atoms with Crippen LogP contribution in [0.4, 0.5) is 0 Å². The normalized spacial score (nSPS) is 17.4. The number of carbonyl (C=O) groups excluding carboxylic acids is 3. The number of rotatable bonds is 5. The number of aromatic nitrogens is 1. The maximum Gasteiger partial charge on any atom is 0.295 e. The number of amides is 2. The highest BCUT2D eigenvalue weighted by molar-refractivity contribution is 6.45. The summed E-state index contributed by atoms with van der Waals surface area (Å²) in [6.07, 6.45) is 4.57. The van der Waals surface area contributed by atoms with Crippen LogP contribution in [0.1, 0.15) is 39.1 Å². The summed E-state index contributed by atoms with van der Waals surface area (Å²) >= 11 is 6.59. The summed E-state index contributed by atoms with van der Waals surface area (Å²) in [5.41, 5.74) is 2.74. The van der Waals surface area contributed by atoms with Gasteiger partial charge in [-0.25, -0.2) is 0 Å². The molecule has 37 heavy (non-hydrogen) atoms. The van der Waals surface area contributed by atoms with Crippen LogP contribution in [0.3, 0.4) is 0 Å². The van der Waals surface area contributed by atoms with E-state index in [2.05, 4.69) is 29.2 Å². The number of halogens is 1. The summed E-state index contributed by atoms with van der Waals surface area (Å²) in [6.45, 7) is 3.89. The van der Waals surface area contributed by atoms with Crippen molar-refractivity contribution in [2.45, 2.75) is 19.3 Å². The topological polar surface area (TPSA) is 65.9 Å². The second-order valence-corrected chi connectivity index (χ2v) is 10.8. The fraction of sp³-hybridized carbons (Fsp3) is 0.414. The predicted molar refractivity (Wildman–Crippen MR) is 145 cm³/mol. The third kappa shape index (κ3) is 5.29. The van der Waals surface area contributed by atoms with Crippen LogP contribution in [0.5, 0.6) is 0 Å². The fourth-order valence-corrected chi connectivity index (χ4v) is 5.71. The SMILES string of the molecule is CN1CCN(C(=O)C(=O)c2cn(C)c3cc(Cl)c(C(=O)N4CCC(Cc5ccccc5)CC4)cc23)CC1. The van der Waals surface area contributed by atoms with Crippen molar-refractivity contribution in [1.82, 2.24) is 19.3 Å². The van der Waals surface area contributed by atoms with Gasteiger partial charge in [0.2, 0.25) is 0 Å². The molecular formula is C29H33ClN4O3. The molecule has 0 aliphatic carbocycles. The summed E-state index contributed by atoms with van der Waals surface area (Å²) < 4.78 is 1.79. The molecule has 0 atom stereocenters. The van der Waals surface area contributed by atoms with Gasteiger partial charge < -0.3 is 19.3 Å². The zero-order valence-corrected chi connectivity index (χ0v) is 22.2. The van der Waals surface area contributed by atoms with Crippen molar-refractivity contribution in [3.63, 3.8) is 0 Å². The minimum atomic E-state index is -0.544. The van der Waals surface area contributed by atoms with Crippen molar-refractivity contribution >= 4 is 40.1 Å². The molecule has 0 spiro atoms. The Bertz CT molecular complexity index is 1320. The Hall–Kier alpha value is -3.16. The molecule has 2 amide bonds. The molecule has 0 radical (unpaired) electrons. The van der Waals surface area contributed by atoms with Crippen LogP contribution in [0, 0.1) is 5.92 Å². The largest absolute Gasteiger partial charge is 0.350 e. The number of piperazine rings is 1. The van der Waals surface area contributed by atoms with E-state index in [1.807, 2.05) is 25.1 Å². The first-order valence-corrected chi connectivity index (χ1v) is 13.3. The van der Waals surface area contributed by atoms with Crippen LogP contribution in [0.25, 0.3) is 10.9 Å². The van der Waals surface area contributed by atoms with Gasteiger partial charge in [0.15, 0.2) is 0 Å². The first kappa shape index (κ1) is 25.5. The average Bonchev–Trinajstić information content (AvgIpc) is 3.23. The molecule has 5 rings (SSSR count). The van der Waals surface area contributed by atoms with Gasteiger partial charge in [0, 0.05) is 57.9 Å². The van der Waals surface area contributed by atoms with Gasteiger partial charge in [0.05, 0.1) is 21.7 Å². The molecule has 8 heteroatoms. The van der Waals surface area contributed by atoms with Gasteiger partial charge in [-0.15, -0.1) is 0 Å². The predicted octanol–water partition coefficient (Wildman–Crippen LogP) is 3.88. The minimum Gasteiger partial charge on any atom is -0.350 e. The van der Waals surface area contributed by atoms with Crippen molar-refractivity contribution < 1.29 is 14.4 Å². The molecular weight excluding hydrogens is 488 g/mol. The van der Waals surface area contributed by atoms with Gasteiger partial charge in [0.1, 0.15) is 0 Å². The summed E-state index contributed by atoms with van der Waals surface area (Å²) in [6, 6.07) is 13.9. The lowest BCUT2D eigenvalue weighted by atomic mass is 9.90. The maximum absolute atomic E-state index is 13.5. The molecule has 0 unspecified atom stereocenters. The lowest BCUT2D eigenvalue weighted by Crippen LogP contribution is -2.49. The number of likely N-dealkylation sites (tertiary alicyclic amines) is 1. The Morgan fingerprint density at radius 2 is 1.54 bits per heavy atom. The minimum absolute atomic E-state index is 0.127. The van der Waals surface area contributed by atoms with E-state index in [1.54, 1.807) is 27.8 Å². The molecule has 7 nitrogen and oxygen atoms in total. The fourth-order valence-electron chi connectivity index (χ4n) is 5.47. The first-order valence-electron chi connectivity index (χ1n) is 13.0. The van der Waals surface area contributed by atoms with E-state index in [0.29, 0.717) is 53.6 Å². The van der Waals surface area contributed by atoms with Crippen LogP contribution in [-0.4, -0.2) is 83.2 Å². The maximum atomic E-state index is 13.5. The van der Waals surface area contributed by atoms with Crippen molar-refractivity contribution in [3.8, 4) is 0 Å². The lowest BCUT2D eigenvalue weighted by Gasteiger charge is -2.32. The molecule has 2 saturated heterocycles. The highest BCUT2D eigenvalue weighted by atomic mass is 35.5. The van der Waals surface area contributed by atoms with Crippen molar-refractivity contribution in [2.24, 2.45) is 13.0 Å². The third-order valence-corrected chi connectivity index (χ3v) is 8.12. The average molecular weight is 521 g/mol. The zero-order chi connectivity index (χ0) is 26.1. The highest BCUT2D eigenvalue weighted by Crippen LogP contribution is 2.31. The number of ketones is 1. The Kier molecular flexibility index (Phi) is 7.36. The van der Waals surface area contributed by atoms with Gasteiger partial charge in [0.25, 0.3) is 17.6 Å². The van der Waals surface area contributed by atoms with Gasteiger partial charge in [-0.2, -0.15) is 0 Å². The summed E-state index contributed by atoms with van der Waals surface area (Å²) in [4.78, 5) is 45.4. The first-order chi connectivity index (χ1) is 17.8. The van der Waals surface area contributed by atoms with Crippen LogP contribution < -0.4 is 0 Å². The molecule has 2 aliphatic rings. The Labute approximate surface area is 222 Å². The van der Waals surface area contributed by atoms with E-state index in [4.69, 9.17) is 11.6 Å². The number of nitrogens with zero attached hydrogens (tertiary/aromatic N) is 4. The smallest absolute Gasteiger partial charge is 0.295 e. The van der Waals surface area contributed by atoms with E-state index in [9.17, 15) is 14.4 Å². The molecule has 2 aromatic carbocycles. The molecule has 1 aromatic heterocycles. The molecule has 0 saturated carbocycles. The molecule has 2 fully saturated rings. The zero-order valence-electron chi connectivity index (χ0n) is 21.5. The Morgan fingerprint density at radius 1 is 0.865 bits per heavy atom. The highest BCUT2D eigenvalue weighted by Gasteiger charge is 2.30. The van der Waals surface area contributed by atoms with E-state index >= 15 is 0 Å². The summed E-state index contributed by atoms with van der Waals surface area (Å²) in [5, 5.41) is 0.941. The summed E-state index contributed by atoms with van der Waals surface area (Å²) in [7, 11) is 3.82. The molecule has 3 aromatic rings. The lowest BCUT2D eigenvalue weighted by molar-refractivity contribution is -0.127. The Balaban J connectivity index is 1.33. The second-order valence-electron chi connectivity index (χ2n) is 10.4. The van der Waals surface area contributed by atoms with Crippen molar-refractivity contribution in [1.29, 1.82) is 0 Å². The van der Waals surface area contributed by atoms with Gasteiger partial charge in [-0.1, -0.05) is 41.9 Å². The molecule has 194 valence electrons. The standard InChI is InChI=1S/C29H33ClN4O3/c1-31-12-14-34(15-13-31)29(37)27(35)24-19-32(2)26-18-25(30)23(17-22(24)26)28(36)33-10-8-21(9-11-33)16-20-6-4-3-5-7-20/h3-7,17-19,21H,8-16H2,1-2H3. The Morgan fingerprint density at radius 3 is 2.22 bits per heavy atom. The second kappa shape index (κ2) is 10.7. The van der Waals surface area contributed by atoms with E-state index in [1.165, 1.54) is 5.56 Å². The summed E-state index contributed by atoms with van der Waals surface area (Å²) in [5.74, 6) is -0.623. The third-order valence-electron chi connectivity index (χ3n) is 7.81. The quantitative estimate of drug-likeness (QED) is 0.378. The number of hydrogen-bond donors (Lipinski definition) is 0. The van der Waals surface area contributed by atoms with Crippen molar-refractivity contribution in [2.75, 3.05) is 46.3 Å². The number of hydrogen-bond acceptors (Lipinski definition) is 4. The number of fused-ring (bicyclic) bond motifs is 1. The number of benzene rings is 2. The van der Waals surface area contributed by atoms with Crippen LogP contribution in [-0.2, 0) is 18.3 Å². The number of aryl methyl sites for hydroxylation is 1. The molecule has 2 aliphatic heterocycles. The van der Waals surface area contributed by atoms with Crippen LogP contribution >= 0.6 is 11.6 Å². The molecule has 0 N–H and O–H groups in total. The van der Waals surface area contributed by atoms with Gasteiger partial charge in [-0.3, -0.25) is 14.4 Å². The monoisotopic (exact) mass is 520 g/mol. The van der Waals surface area contributed by atoms with Crippen molar-refractivity contribution in [3.05, 3.63) is 70.4 Å². The van der Waals surface area contributed by atoms with E-state index < -0.39 is 11.7 Å². The van der Waals surface area contributed by atoms with Gasteiger partial charge >= 0.3 is 0 Å². The number of carbonyl (C=O) groups is 3. The van der Waals surface area contributed by atoms with Crippen LogP contribution in [0.15, 0.2) is 48.7 Å². The number of piperidine rings is 1. The van der Waals surface area contributed by atoms with Gasteiger partial charge in [-0.05, 0) is 49.9 Å². The number of likely N-dealkylation sites (N-methyl/N-ethyl adjacent to an activating group) is 1. The van der Waals surface area contributed by atoms with Crippen LogP contribution in [0.2, 0.25) is 5.02 Å². The molecule has 3 heterocycles. The number of Topliss-reactive ketones (excluding diaryl/α,β-unsaturated/α-hetero) is 1. The molecule has 0 bridgehead atoms. The van der Waals surface area contributed by atoms with E-state index in [0.717, 1.165) is 37.9 Å².